The highest BCUT2D eigenvalue weighted by atomic mass is 16.2. The fourth-order valence-corrected chi connectivity index (χ4v) is 3.86. The Morgan fingerprint density at radius 3 is 2.28 bits per heavy atom. The molecule has 0 bridgehead atoms. The van der Waals surface area contributed by atoms with E-state index in [-0.39, 0.29) is 5.91 Å². The number of hydrogen-bond donors (Lipinski definition) is 0. The molecule has 3 aromatic rings. The summed E-state index contributed by atoms with van der Waals surface area (Å²) in [5.74, 6) is 1.31. The van der Waals surface area contributed by atoms with Crippen molar-refractivity contribution >= 4 is 23.5 Å². The summed E-state index contributed by atoms with van der Waals surface area (Å²) in [5, 5.41) is 0. The summed E-state index contributed by atoms with van der Waals surface area (Å²) in [6.07, 6.45) is 7.72. The van der Waals surface area contributed by atoms with Crippen molar-refractivity contribution in [3.8, 4) is 0 Å². The average Bonchev–Trinajstić information content (AvgIpc) is 3.24. The highest BCUT2D eigenvalue weighted by Crippen LogP contribution is 2.31. The van der Waals surface area contributed by atoms with Crippen LogP contribution in [0.25, 0.3) is 0 Å². The third-order valence-electron chi connectivity index (χ3n) is 5.42. The van der Waals surface area contributed by atoms with E-state index < -0.39 is 0 Å². The lowest BCUT2D eigenvalue weighted by atomic mass is 10.2. The largest absolute Gasteiger partial charge is 0.337 e. The van der Waals surface area contributed by atoms with Crippen LogP contribution in [-0.4, -0.2) is 63.5 Å². The molecule has 1 amide bonds. The van der Waals surface area contributed by atoms with E-state index in [1.165, 1.54) is 5.56 Å². The van der Waals surface area contributed by atoms with Crippen LogP contribution in [0.15, 0.2) is 55.1 Å². The molecule has 0 N–H and O–H groups in total. The highest BCUT2D eigenvalue weighted by Gasteiger charge is 2.25. The zero-order valence-corrected chi connectivity index (χ0v) is 16.0. The van der Waals surface area contributed by atoms with Gasteiger partial charge in [-0.1, -0.05) is 18.2 Å². The molecule has 2 aliphatic rings. The fraction of sp³-hybridized carbons (Fsp3) is 0.286. The van der Waals surface area contributed by atoms with Crippen molar-refractivity contribution in [1.29, 1.82) is 0 Å². The van der Waals surface area contributed by atoms with Crippen LogP contribution in [-0.2, 0) is 6.42 Å². The molecule has 8 heteroatoms. The van der Waals surface area contributed by atoms with Crippen LogP contribution in [0.3, 0.4) is 0 Å². The van der Waals surface area contributed by atoms with E-state index in [4.69, 9.17) is 0 Å². The van der Waals surface area contributed by atoms with Crippen LogP contribution in [0.1, 0.15) is 15.9 Å². The number of nitrogens with zero attached hydrogens (tertiary/aromatic N) is 7. The Balaban J connectivity index is 1.25. The molecule has 0 unspecified atom stereocenters. The second-order valence-electron chi connectivity index (χ2n) is 7.13. The molecule has 4 heterocycles. The van der Waals surface area contributed by atoms with Crippen LogP contribution in [0, 0.1) is 0 Å². The SMILES string of the molecule is O=C(c1cnc(N2CCc3ccccc32)nc1)N1CCN(c2ncccn2)CC1. The Hall–Kier alpha value is -3.55. The number of piperazine rings is 1. The first-order valence-electron chi connectivity index (χ1n) is 9.78. The van der Waals surface area contributed by atoms with Gasteiger partial charge in [0.25, 0.3) is 5.91 Å². The molecule has 2 aliphatic heterocycles. The van der Waals surface area contributed by atoms with Gasteiger partial charge in [-0.3, -0.25) is 4.79 Å². The first-order chi connectivity index (χ1) is 14.3. The van der Waals surface area contributed by atoms with Gasteiger partial charge in [0.1, 0.15) is 0 Å². The molecule has 0 aliphatic carbocycles. The molecule has 0 radical (unpaired) electrons. The number of anilines is 3. The molecule has 0 atom stereocenters. The lowest BCUT2D eigenvalue weighted by molar-refractivity contribution is 0.0745. The topological polar surface area (TPSA) is 78.4 Å². The van der Waals surface area contributed by atoms with Gasteiger partial charge >= 0.3 is 0 Å². The summed E-state index contributed by atoms with van der Waals surface area (Å²) < 4.78 is 0. The minimum absolute atomic E-state index is 0.0352. The maximum atomic E-state index is 12.9. The van der Waals surface area contributed by atoms with Gasteiger partial charge in [0.15, 0.2) is 0 Å². The maximum absolute atomic E-state index is 12.9. The lowest BCUT2D eigenvalue weighted by Gasteiger charge is -2.34. The van der Waals surface area contributed by atoms with Gasteiger partial charge < -0.3 is 14.7 Å². The summed E-state index contributed by atoms with van der Waals surface area (Å²) in [6.45, 7) is 3.52. The quantitative estimate of drug-likeness (QED) is 0.679. The van der Waals surface area contributed by atoms with E-state index in [0.29, 0.717) is 43.6 Å². The Kier molecular flexibility index (Phi) is 4.51. The van der Waals surface area contributed by atoms with E-state index in [9.17, 15) is 4.79 Å². The second-order valence-corrected chi connectivity index (χ2v) is 7.13. The van der Waals surface area contributed by atoms with E-state index in [1.54, 1.807) is 30.9 Å². The standard InChI is InChI=1S/C21H21N7O/c29-19(26-10-12-27(13-11-26)20-22-7-3-8-23-20)17-14-24-21(25-15-17)28-9-6-16-4-1-2-5-18(16)28/h1-5,7-8,14-15H,6,9-13H2. The minimum atomic E-state index is -0.0352. The van der Waals surface area contributed by atoms with Crippen molar-refractivity contribution in [1.82, 2.24) is 24.8 Å². The van der Waals surface area contributed by atoms with Crippen molar-refractivity contribution in [2.45, 2.75) is 6.42 Å². The number of aromatic nitrogens is 4. The predicted octanol–water partition coefficient (Wildman–Crippen LogP) is 1.92. The van der Waals surface area contributed by atoms with Gasteiger partial charge in [0.2, 0.25) is 11.9 Å². The number of rotatable bonds is 3. The van der Waals surface area contributed by atoms with Crippen molar-refractivity contribution in [2.75, 3.05) is 42.5 Å². The number of carbonyl (C=O) groups excluding carboxylic acids is 1. The van der Waals surface area contributed by atoms with Gasteiger partial charge in [-0.15, -0.1) is 0 Å². The summed E-state index contributed by atoms with van der Waals surface area (Å²) in [5.41, 5.74) is 2.97. The Bertz CT molecular complexity index is 1000. The molecule has 1 saturated heterocycles. The first-order valence-corrected chi connectivity index (χ1v) is 9.78. The van der Waals surface area contributed by atoms with Gasteiger partial charge in [0, 0.05) is 63.2 Å². The monoisotopic (exact) mass is 387 g/mol. The molecular weight excluding hydrogens is 366 g/mol. The molecule has 1 fully saturated rings. The Morgan fingerprint density at radius 2 is 1.52 bits per heavy atom. The number of hydrogen-bond acceptors (Lipinski definition) is 7. The number of amides is 1. The molecule has 1 aromatic carbocycles. The van der Waals surface area contributed by atoms with Crippen LogP contribution < -0.4 is 9.80 Å². The molecule has 8 nitrogen and oxygen atoms in total. The Morgan fingerprint density at radius 1 is 0.793 bits per heavy atom. The summed E-state index contributed by atoms with van der Waals surface area (Å²) >= 11 is 0. The van der Waals surface area contributed by atoms with Crippen LogP contribution in [0.4, 0.5) is 17.6 Å². The smallest absolute Gasteiger partial charge is 0.257 e. The van der Waals surface area contributed by atoms with Crippen LogP contribution in [0.2, 0.25) is 0 Å². The molecule has 2 aromatic heterocycles. The normalized spacial score (nSPS) is 16.1. The number of benzene rings is 1. The van der Waals surface area contributed by atoms with Crippen molar-refractivity contribution in [3.63, 3.8) is 0 Å². The molecule has 29 heavy (non-hydrogen) atoms. The van der Waals surface area contributed by atoms with E-state index in [2.05, 4.69) is 47.9 Å². The van der Waals surface area contributed by atoms with E-state index in [1.807, 2.05) is 11.0 Å². The third kappa shape index (κ3) is 3.37. The zero-order valence-electron chi connectivity index (χ0n) is 16.0. The van der Waals surface area contributed by atoms with Gasteiger partial charge in [-0.05, 0) is 24.1 Å². The second kappa shape index (κ2) is 7.46. The zero-order chi connectivity index (χ0) is 19.6. The number of para-hydroxylation sites is 1. The van der Waals surface area contributed by atoms with Crippen molar-refractivity contribution < 1.29 is 4.79 Å². The van der Waals surface area contributed by atoms with Gasteiger partial charge in [0.05, 0.1) is 5.56 Å². The Labute approximate surface area is 168 Å². The summed E-state index contributed by atoms with van der Waals surface area (Å²) in [7, 11) is 0. The van der Waals surface area contributed by atoms with Crippen LogP contribution >= 0.6 is 0 Å². The van der Waals surface area contributed by atoms with Crippen molar-refractivity contribution in [3.05, 3.63) is 66.2 Å². The predicted molar refractivity (Wildman–Crippen MR) is 109 cm³/mol. The van der Waals surface area contributed by atoms with E-state index in [0.717, 1.165) is 18.7 Å². The maximum Gasteiger partial charge on any atom is 0.257 e. The van der Waals surface area contributed by atoms with Gasteiger partial charge in [-0.2, -0.15) is 0 Å². The molecular formula is C21H21N7O. The summed E-state index contributed by atoms with van der Waals surface area (Å²) in [6, 6.07) is 10.1. The number of fused-ring (bicyclic) bond motifs is 1. The molecule has 0 spiro atoms. The molecule has 0 saturated carbocycles. The first kappa shape index (κ1) is 17.5. The van der Waals surface area contributed by atoms with Crippen molar-refractivity contribution in [2.24, 2.45) is 0 Å². The average molecular weight is 387 g/mol. The van der Waals surface area contributed by atoms with E-state index >= 15 is 0 Å². The number of carbonyl (C=O) groups is 1. The molecule has 146 valence electrons. The lowest BCUT2D eigenvalue weighted by Crippen LogP contribution is -2.49. The summed E-state index contributed by atoms with van der Waals surface area (Å²) in [4.78, 5) is 36.4. The highest BCUT2D eigenvalue weighted by molar-refractivity contribution is 5.94. The minimum Gasteiger partial charge on any atom is -0.337 e. The fourth-order valence-electron chi connectivity index (χ4n) is 3.86. The van der Waals surface area contributed by atoms with Gasteiger partial charge in [-0.25, -0.2) is 19.9 Å². The van der Waals surface area contributed by atoms with Crippen LogP contribution in [0.5, 0.6) is 0 Å². The third-order valence-corrected chi connectivity index (χ3v) is 5.42. The molecule has 5 rings (SSSR count).